The van der Waals surface area contributed by atoms with Crippen LogP contribution in [-0.2, 0) is 48.5 Å². The first-order valence-corrected chi connectivity index (χ1v) is 24.1. The maximum Gasteiger partial charge on any atom is 0.264 e. The van der Waals surface area contributed by atoms with Gasteiger partial charge in [0.1, 0.15) is 23.8 Å². The molecule has 5 aliphatic rings. The molecule has 3 fully saturated rings. The third kappa shape index (κ3) is 11.6. The van der Waals surface area contributed by atoms with Crippen molar-refractivity contribution >= 4 is 42.9 Å². The molecule has 2 aliphatic carbocycles. The number of amides is 2. The molecule has 0 bridgehead atoms. The summed E-state index contributed by atoms with van der Waals surface area (Å²) in [6.45, 7) is 3.06. The van der Waals surface area contributed by atoms with Crippen molar-refractivity contribution < 1.29 is 59.7 Å². The zero-order valence-electron chi connectivity index (χ0n) is 34.8. The van der Waals surface area contributed by atoms with Gasteiger partial charge >= 0.3 is 0 Å². The minimum Gasteiger partial charge on any atom is -0.392 e. The minimum absolute atomic E-state index is 0.146. The summed E-state index contributed by atoms with van der Waals surface area (Å²) in [6, 6.07) is 9.25. The quantitative estimate of drug-likeness (QED) is 0.152. The number of nitrogens with zero attached hydrogens (tertiary/aromatic N) is 2. The molecule has 0 aromatic heterocycles. The Labute approximate surface area is 360 Å². The van der Waals surface area contributed by atoms with E-state index in [1.165, 1.54) is 31.5 Å². The Morgan fingerprint density at radius 2 is 1.24 bits per heavy atom. The molecule has 3 heterocycles. The fourth-order valence-electron chi connectivity index (χ4n) is 6.67. The lowest BCUT2D eigenvalue weighted by Crippen LogP contribution is -2.52. The number of hydroxylamine groups is 2. The molecular weight excluding hydrogens is 851 g/mol. The zero-order valence-corrected chi connectivity index (χ0v) is 36.5. The van der Waals surface area contributed by atoms with Gasteiger partial charge in [0.2, 0.25) is 0 Å². The van der Waals surface area contributed by atoms with Crippen LogP contribution >= 0.6 is 0 Å². The van der Waals surface area contributed by atoms with Crippen molar-refractivity contribution in [3.05, 3.63) is 70.3 Å². The number of hydrogen-bond acceptors (Lipinski definition) is 13. The lowest BCUT2D eigenvalue weighted by molar-refractivity contribution is -0.201. The van der Waals surface area contributed by atoms with Gasteiger partial charge in [0.25, 0.3) is 11.8 Å². The van der Waals surface area contributed by atoms with E-state index in [1.54, 1.807) is 24.3 Å². The molecule has 7 rings (SSSR count). The molecule has 2 saturated carbocycles. The molecule has 2 aromatic carbocycles. The third-order valence-corrected chi connectivity index (χ3v) is 15.4. The summed E-state index contributed by atoms with van der Waals surface area (Å²) < 4.78 is 79.8. The number of nitrogens with one attached hydrogen (secondary N) is 2. The summed E-state index contributed by atoms with van der Waals surface area (Å²) >= 11 is 0. The first-order valence-electron chi connectivity index (χ1n) is 20.3. The Balaban J connectivity index is 0.000000211. The fraction of sp³-hybridized carbons (Fsp3) is 0.535. The van der Waals surface area contributed by atoms with Crippen molar-refractivity contribution in [2.75, 3.05) is 19.1 Å². The molecular formula is C43H50F2N4O11S2. The largest absolute Gasteiger partial charge is 0.392 e. The molecule has 2 amide bonds. The van der Waals surface area contributed by atoms with E-state index in [2.05, 4.69) is 39.5 Å². The van der Waals surface area contributed by atoms with Crippen molar-refractivity contribution in [2.45, 2.75) is 112 Å². The Morgan fingerprint density at radius 1 is 0.774 bits per heavy atom. The molecule has 2 aromatic rings. The summed E-state index contributed by atoms with van der Waals surface area (Å²) in [7, 11) is -7.69. The van der Waals surface area contributed by atoms with E-state index in [9.17, 15) is 35.2 Å². The van der Waals surface area contributed by atoms with E-state index in [0.29, 0.717) is 58.5 Å². The standard InChI is InChI=1S/C24H29FN2O6S.C19H21FN2O5S/c1-24(34(2,29)30,23(28)27-33-22-5-3-4-12-31-22)15-19-14-21(26-32-19)18-11-10-17(20(25)13-18)9-8-16-6-7-16;1-19(18(23)21-24,28(2,25)26)11-15-10-17(22-27-15)14-8-7-13(16(20)9-14)6-5-12-3-4-12/h10-11,13,16,19,22H,3-7,12,14-15H2,1-2H3,(H,27,28);7-9,12,15,24H,3-4,10-11H2,1-2H3,(H,21,23). The number of oxime groups is 2. The van der Waals surface area contributed by atoms with Crippen molar-refractivity contribution in [1.29, 1.82) is 0 Å². The van der Waals surface area contributed by atoms with Crippen molar-refractivity contribution in [3.63, 3.8) is 0 Å². The van der Waals surface area contributed by atoms with Crippen LogP contribution in [0.4, 0.5) is 8.78 Å². The number of benzene rings is 2. The van der Waals surface area contributed by atoms with Crippen LogP contribution in [0.15, 0.2) is 46.7 Å². The van der Waals surface area contributed by atoms with Crippen LogP contribution in [0.3, 0.4) is 0 Å². The normalized spacial score (nSPS) is 22.8. The van der Waals surface area contributed by atoms with Gasteiger partial charge < -0.3 is 14.4 Å². The van der Waals surface area contributed by atoms with Crippen LogP contribution in [-0.4, -0.2) is 92.4 Å². The van der Waals surface area contributed by atoms with Crippen LogP contribution in [0.1, 0.15) is 107 Å². The monoisotopic (exact) mass is 900 g/mol. The van der Waals surface area contributed by atoms with Crippen LogP contribution in [0.25, 0.3) is 0 Å². The van der Waals surface area contributed by atoms with Crippen molar-refractivity contribution in [1.82, 2.24) is 11.0 Å². The van der Waals surface area contributed by atoms with Gasteiger partial charge in [-0.25, -0.2) is 41.4 Å². The molecule has 334 valence electrons. The van der Waals surface area contributed by atoms with Crippen LogP contribution < -0.4 is 11.0 Å². The average Bonchev–Trinajstić information content (AvgIpc) is 4.15. The minimum atomic E-state index is -3.85. The number of halogens is 2. The van der Waals surface area contributed by atoms with E-state index in [1.807, 2.05) is 0 Å². The Morgan fingerprint density at radius 3 is 1.63 bits per heavy atom. The maximum atomic E-state index is 14.5. The Hall–Kier alpha value is -4.92. The topological polar surface area (TPSA) is 208 Å². The van der Waals surface area contributed by atoms with E-state index >= 15 is 0 Å². The Bertz CT molecular complexity index is 2460. The van der Waals surface area contributed by atoms with Gasteiger partial charge in [-0.15, -0.1) is 0 Å². The second-order valence-corrected chi connectivity index (χ2v) is 21.5. The number of ether oxygens (including phenoxy) is 1. The lowest BCUT2D eigenvalue weighted by atomic mass is 9.96. The van der Waals surface area contributed by atoms with E-state index < -0.39 is 71.1 Å². The van der Waals surface area contributed by atoms with Crippen LogP contribution in [0.2, 0.25) is 0 Å². The van der Waals surface area contributed by atoms with Gasteiger partial charge in [-0.2, -0.15) is 0 Å². The molecule has 5 unspecified atom stereocenters. The molecule has 19 heteroatoms. The Kier molecular flexibility index (Phi) is 14.4. The number of carbonyl (C=O) groups excluding carboxylic acids is 2. The molecule has 0 spiro atoms. The SMILES string of the molecule is CC(CC1CC(c2ccc(C#CC3CC3)c(F)c2)=NO1)(C(=O)NO)S(C)(=O)=O.CC(CC1CC(c2ccc(C#CC3CC3)c(F)c2)=NO1)(C(=O)NOC1CCCCO1)S(C)(=O)=O. The highest BCUT2D eigenvalue weighted by Crippen LogP contribution is 2.32. The summed E-state index contributed by atoms with van der Waals surface area (Å²) in [4.78, 5) is 40.8. The fourth-order valence-corrected chi connectivity index (χ4v) is 8.41. The van der Waals surface area contributed by atoms with Gasteiger partial charge in [-0.3, -0.25) is 14.8 Å². The molecule has 0 radical (unpaired) electrons. The molecule has 5 atom stereocenters. The van der Waals surface area contributed by atoms with Gasteiger partial charge in [-0.05, 0) is 76.6 Å². The van der Waals surface area contributed by atoms with Gasteiger partial charge in [-0.1, -0.05) is 46.1 Å². The summed E-state index contributed by atoms with van der Waals surface area (Å²) in [6.07, 6.45) is 6.67. The lowest BCUT2D eigenvalue weighted by Gasteiger charge is -2.29. The predicted octanol–water partition coefficient (Wildman–Crippen LogP) is 4.63. The van der Waals surface area contributed by atoms with Crippen LogP contribution in [0, 0.1) is 47.2 Å². The summed E-state index contributed by atoms with van der Waals surface area (Å²) in [5, 5.41) is 16.8. The average molecular weight is 901 g/mol. The van der Waals surface area contributed by atoms with Gasteiger partial charge in [0.05, 0.1) is 22.6 Å². The molecule has 3 N–H and O–H groups in total. The predicted molar refractivity (Wildman–Crippen MR) is 223 cm³/mol. The highest BCUT2D eigenvalue weighted by molar-refractivity contribution is 7.93. The van der Waals surface area contributed by atoms with E-state index in [0.717, 1.165) is 51.0 Å². The zero-order chi connectivity index (χ0) is 44.9. The van der Waals surface area contributed by atoms with E-state index in [-0.39, 0.29) is 25.7 Å². The molecule has 62 heavy (non-hydrogen) atoms. The highest BCUT2D eigenvalue weighted by atomic mass is 32.2. The number of sulfone groups is 2. The molecule has 3 aliphatic heterocycles. The number of hydrogen-bond donors (Lipinski definition) is 3. The van der Waals surface area contributed by atoms with Gasteiger partial charge in [0, 0.05) is 74.2 Å². The van der Waals surface area contributed by atoms with Crippen molar-refractivity contribution in [3.8, 4) is 23.7 Å². The van der Waals surface area contributed by atoms with E-state index in [4.69, 9.17) is 24.5 Å². The summed E-state index contributed by atoms with van der Waals surface area (Å²) in [5.41, 5.74) is 6.26. The maximum absolute atomic E-state index is 14.5. The first-order chi connectivity index (χ1) is 29.3. The van der Waals surface area contributed by atoms with Gasteiger partial charge in [0.15, 0.2) is 35.5 Å². The van der Waals surface area contributed by atoms with Crippen LogP contribution in [0.5, 0.6) is 0 Å². The second kappa shape index (κ2) is 19.2. The van der Waals surface area contributed by atoms with Crippen molar-refractivity contribution in [2.24, 2.45) is 22.1 Å². The number of rotatable bonds is 12. The molecule has 15 nitrogen and oxygen atoms in total. The summed E-state index contributed by atoms with van der Waals surface area (Å²) in [5.74, 6) is 9.73. The first kappa shape index (κ1) is 46.6. The molecule has 1 saturated heterocycles. The highest BCUT2D eigenvalue weighted by Gasteiger charge is 2.48. The number of carbonyl (C=O) groups is 2. The smallest absolute Gasteiger partial charge is 0.264 e. The second-order valence-electron chi connectivity index (χ2n) is 16.6. The third-order valence-electron chi connectivity index (χ3n) is 11.4.